The molecule has 2 aliphatic heterocycles. The Labute approximate surface area is 239 Å². The van der Waals surface area contributed by atoms with Gasteiger partial charge in [-0.25, -0.2) is 4.79 Å². The van der Waals surface area contributed by atoms with E-state index < -0.39 is 5.60 Å². The van der Waals surface area contributed by atoms with E-state index in [9.17, 15) is 4.79 Å². The van der Waals surface area contributed by atoms with Crippen LogP contribution in [0.5, 0.6) is 0 Å². The lowest BCUT2D eigenvalue weighted by molar-refractivity contribution is 0.0270. The maximum atomic E-state index is 12.0. The number of aromatic nitrogens is 4. The number of carbonyl (C=O) groups excluding carboxylic acids is 1. The van der Waals surface area contributed by atoms with Crippen LogP contribution in [0, 0.1) is 0 Å². The van der Waals surface area contributed by atoms with Crippen molar-refractivity contribution in [3.63, 3.8) is 0 Å². The lowest BCUT2D eigenvalue weighted by Crippen LogP contribution is -2.39. The Morgan fingerprint density at radius 2 is 1.49 bits per heavy atom. The van der Waals surface area contributed by atoms with E-state index >= 15 is 0 Å². The van der Waals surface area contributed by atoms with Crippen molar-refractivity contribution < 1.29 is 9.53 Å². The second-order valence-corrected chi connectivity index (χ2v) is 9.80. The SMILES string of the molecule is CC(C)(C)OC(=O)N1CC=C(c2cc(Cl)nnc2N)CC1.Cl.Cl.Nc1nnc(Cl)cc1C1=CCNCC1. The lowest BCUT2D eigenvalue weighted by atomic mass is 10.0. The molecule has 0 radical (unpaired) electrons. The summed E-state index contributed by atoms with van der Waals surface area (Å²) < 4.78 is 5.35. The second kappa shape index (κ2) is 14.5. The maximum absolute atomic E-state index is 12.0. The molecule has 14 heteroatoms. The largest absolute Gasteiger partial charge is 0.444 e. The van der Waals surface area contributed by atoms with Gasteiger partial charge < -0.3 is 26.4 Å². The first kappa shape index (κ1) is 32.7. The number of hydrogen-bond acceptors (Lipinski definition) is 9. The Morgan fingerprint density at radius 1 is 0.946 bits per heavy atom. The van der Waals surface area contributed by atoms with Gasteiger partial charge in [0, 0.05) is 30.8 Å². The molecule has 4 rings (SSSR count). The highest BCUT2D eigenvalue weighted by Gasteiger charge is 2.24. The van der Waals surface area contributed by atoms with Crippen LogP contribution < -0.4 is 16.8 Å². The van der Waals surface area contributed by atoms with Gasteiger partial charge in [-0.1, -0.05) is 35.4 Å². The number of amides is 1. The molecule has 5 N–H and O–H groups in total. The molecule has 0 fully saturated rings. The van der Waals surface area contributed by atoms with Gasteiger partial charge >= 0.3 is 6.09 Å². The van der Waals surface area contributed by atoms with Gasteiger partial charge in [0.05, 0.1) is 0 Å². The molecule has 2 aromatic rings. The van der Waals surface area contributed by atoms with Gasteiger partial charge in [0.1, 0.15) is 5.60 Å². The summed E-state index contributed by atoms with van der Waals surface area (Å²) in [7, 11) is 0. The minimum Gasteiger partial charge on any atom is -0.444 e. The Morgan fingerprint density at radius 3 is 1.92 bits per heavy atom. The van der Waals surface area contributed by atoms with Crippen LogP contribution in [0.15, 0.2) is 24.3 Å². The third-order valence-electron chi connectivity index (χ3n) is 5.20. The molecule has 0 bridgehead atoms. The first-order chi connectivity index (χ1) is 16.5. The van der Waals surface area contributed by atoms with Crippen LogP contribution in [0.1, 0.15) is 44.7 Å². The lowest BCUT2D eigenvalue weighted by Gasteiger charge is -2.29. The van der Waals surface area contributed by atoms with Crippen LogP contribution in [0.3, 0.4) is 0 Å². The molecule has 1 amide bonds. The number of nitrogens with one attached hydrogen (secondary N) is 1. The zero-order valence-corrected chi connectivity index (χ0v) is 24.0. The van der Waals surface area contributed by atoms with Crippen LogP contribution in [-0.2, 0) is 4.74 Å². The minimum absolute atomic E-state index is 0. The van der Waals surface area contributed by atoms with Crippen molar-refractivity contribution in [2.24, 2.45) is 0 Å². The highest BCUT2D eigenvalue weighted by Crippen LogP contribution is 2.28. The van der Waals surface area contributed by atoms with Crippen LogP contribution in [-0.4, -0.2) is 63.2 Å². The standard InChI is InChI=1S/C14H19ClN4O2.C9H11ClN4.2ClH/c1-14(2,3)21-13(20)19-6-4-9(5-7-19)10-8-11(15)17-18-12(10)16;10-8-5-7(9(11)14-13-8)6-1-3-12-4-2-6;;/h4,8H,5-7H2,1-3H3,(H2,16,18);1,5,12H,2-4H2,(H2,11,14);2*1H. The van der Waals surface area contributed by atoms with Crippen molar-refractivity contribution in [1.82, 2.24) is 30.6 Å². The molecule has 4 heterocycles. The summed E-state index contributed by atoms with van der Waals surface area (Å²) in [6, 6.07) is 3.46. The molecule has 37 heavy (non-hydrogen) atoms. The normalized spacial score (nSPS) is 15.1. The first-order valence-electron chi connectivity index (χ1n) is 11.2. The number of nitrogens with two attached hydrogens (primary N) is 2. The second-order valence-electron chi connectivity index (χ2n) is 9.02. The molecule has 0 saturated carbocycles. The summed E-state index contributed by atoms with van der Waals surface area (Å²) in [4.78, 5) is 13.6. The van der Waals surface area contributed by atoms with Crippen LogP contribution >= 0.6 is 48.0 Å². The Hall–Kier alpha value is -2.37. The van der Waals surface area contributed by atoms with Crippen molar-refractivity contribution >= 4 is 76.9 Å². The van der Waals surface area contributed by atoms with Crippen molar-refractivity contribution in [2.75, 3.05) is 37.6 Å². The Bertz CT molecular complexity index is 1140. The molecule has 0 unspecified atom stereocenters. The fourth-order valence-corrected chi connectivity index (χ4v) is 3.84. The van der Waals surface area contributed by atoms with Gasteiger partial charge in [-0.05, 0) is 63.4 Å². The molecule has 0 saturated heterocycles. The third-order valence-corrected chi connectivity index (χ3v) is 5.57. The van der Waals surface area contributed by atoms with Gasteiger partial charge in [-0.2, -0.15) is 0 Å². The molecular formula is C23H32Cl4N8O2. The van der Waals surface area contributed by atoms with E-state index in [0.717, 1.165) is 36.2 Å². The fourth-order valence-electron chi connectivity index (χ4n) is 3.54. The number of halogens is 4. The number of carbonyl (C=O) groups is 1. The van der Waals surface area contributed by atoms with E-state index in [-0.39, 0.29) is 30.9 Å². The minimum atomic E-state index is -0.492. The molecule has 0 spiro atoms. The third kappa shape index (κ3) is 9.79. The molecule has 0 atom stereocenters. The van der Waals surface area contributed by atoms with E-state index in [2.05, 4.69) is 31.8 Å². The quantitative estimate of drug-likeness (QED) is 0.452. The molecule has 204 valence electrons. The molecular weight excluding hydrogens is 562 g/mol. The van der Waals surface area contributed by atoms with Crippen LogP contribution in [0.25, 0.3) is 11.1 Å². The van der Waals surface area contributed by atoms with Crippen LogP contribution in [0.2, 0.25) is 10.3 Å². The van der Waals surface area contributed by atoms with Gasteiger partial charge in [-0.3, -0.25) is 0 Å². The first-order valence-corrected chi connectivity index (χ1v) is 11.9. The number of nitrogens with zero attached hydrogens (tertiary/aromatic N) is 5. The topological polar surface area (TPSA) is 145 Å². The van der Waals surface area contributed by atoms with Gasteiger partial charge in [0.15, 0.2) is 21.9 Å². The number of ether oxygens (including phenoxy) is 1. The highest BCUT2D eigenvalue weighted by molar-refractivity contribution is 6.29. The predicted molar refractivity (Wildman–Crippen MR) is 153 cm³/mol. The average Bonchev–Trinajstić information content (AvgIpc) is 2.82. The van der Waals surface area contributed by atoms with E-state index in [4.69, 9.17) is 39.4 Å². The summed E-state index contributed by atoms with van der Waals surface area (Å²) in [5.74, 6) is 0.791. The summed E-state index contributed by atoms with van der Waals surface area (Å²) in [5.41, 5.74) is 15.0. The summed E-state index contributed by atoms with van der Waals surface area (Å²) in [6.07, 6.45) is 5.36. The number of nitrogen functional groups attached to an aromatic ring is 2. The van der Waals surface area contributed by atoms with Crippen LogP contribution in [0.4, 0.5) is 16.4 Å². The van der Waals surface area contributed by atoms with Gasteiger partial charge in [0.2, 0.25) is 0 Å². The zero-order chi connectivity index (χ0) is 25.6. The van der Waals surface area contributed by atoms with Crippen molar-refractivity contribution in [3.05, 3.63) is 45.7 Å². The summed E-state index contributed by atoms with van der Waals surface area (Å²) in [5, 5.41) is 18.9. The zero-order valence-electron chi connectivity index (χ0n) is 20.8. The molecule has 10 nitrogen and oxygen atoms in total. The van der Waals surface area contributed by atoms with Gasteiger partial charge in [-0.15, -0.1) is 45.2 Å². The average molecular weight is 594 g/mol. The number of hydrogen-bond donors (Lipinski definition) is 3. The summed E-state index contributed by atoms with van der Waals surface area (Å²) in [6.45, 7) is 8.42. The molecule has 0 aliphatic carbocycles. The van der Waals surface area contributed by atoms with E-state index in [1.165, 1.54) is 5.57 Å². The Balaban J connectivity index is 0.000000375. The summed E-state index contributed by atoms with van der Waals surface area (Å²) >= 11 is 11.6. The smallest absolute Gasteiger partial charge is 0.410 e. The molecule has 0 aromatic carbocycles. The monoisotopic (exact) mass is 592 g/mol. The molecule has 2 aliphatic rings. The van der Waals surface area contributed by atoms with Crippen molar-refractivity contribution in [2.45, 2.75) is 39.2 Å². The van der Waals surface area contributed by atoms with Crippen molar-refractivity contribution in [1.29, 1.82) is 0 Å². The maximum Gasteiger partial charge on any atom is 0.410 e. The Kier molecular flexibility index (Phi) is 12.8. The fraction of sp³-hybridized carbons (Fsp3) is 0.435. The molecule has 2 aromatic heterocycles. The number of rotatable bonds is 2. The predicted octanol–water partition coefficient (Wildman–Crippen LogP) is 4.67. The van der Waals surface area contributed by atoms with Crippen molar-refractivity contribution in [3.8, 4) is 0 Å². The van der Waals surface area contributed by atoms with E-state index in [1.807, 2.05) is 26.8 Å². The number of anilines is 2. The van der Waals surface area contributed by atoms with E-state index in [0.29, 0.717) is 41.5 Å². The van der Waals surface area contributed by atoms with E-state index in [1.54, 1.807) is 17.0 Å². The highest BCUT2D eigenvalue weighted by atomic mass is 35.5. The van der Waals surface area contributed by atoms with Gasteiger partial charge in [0.25, 0.3) is 0 Å².